The van der Waals surface area contributed by atoms with Gasteiger partial charge in [-0.25, -0.2) is 8.42 Å². The minimum atomic E-state index is -3.72. The summed E-state index contributed by atoms with van der Waals surface area (Å²) in [6, 6.07) is 13.0. The van der Waals surface area contributed by atoms with Gasteiger partial charge in [-0.3, -0.25) is 4.79 Å². The standard InChI is InChI=1S/C20H23NO4S/c1-3-25-17-10-12-18(13-11-17)26(23,24)21-14-4-5-19(21)20(22)16-8-6-15(2)7-9-16/h6-13,19H,3-5,14H2,1-2H3. The Kier molecular flexibility index (Phi) is 5.44. The maximum atomic E-state index is 13.0. The van der Waals surface area contributed by atoms with Crippen LogP contribution < -0.4 is 4.74 Å². The van der Waals surface area contributed by atoms with Crippen molar-refractivity contribution < 1.29 is 17.9 Å². The van der Waals surface area contributed by atoms with Crippen LogP contribution in [-0.4, -0.2) is 37.7 Å². The molecule has 6 heteroatoms. The number of hydrogen-bond acceptors (Lipinski definition) is 4. The Bertz CT molecular complexity index is 873. The van der Waals surface area contributed by atoms with Gasteiger partial charge in [-0.05, 0) is 51.0 Å². The van der Waals surface area contributed by atoms with Crippen LogP contribution in [0.5, 0.6) is 5.75 Å². The van der Waals surface area contributed by atoms with Crippen molar-refractivity contribution in [1.82, 2.24) is 4.31 Å². The van der Waals surface area contributed by atoms with E-state index in [9.17, 15) is 13.2 Å². The van der Waals surface area contributed by atoms with Crippen LogP contribution in [0.15, 0.2) is 53.4 Å². The largest absolute Gasteiger partial charge is 0.494 e. The molecule has 1 fully saturated rings. The normalized spacial score (nSPS) is 18.0. The summed E-state index contributed by atoms with van der Waals surface area (Å²) in [6.07, 6.45) is 1.22. The molecule has 0 aliphatic carbocycles. The predicted octanol–water partition coefficient (Wildman–Crippen LogP) is 3.43. The highest BCUT2D eigenvalue weighted by Gasteiger charge is 2.39. The minimum absolute atomic E-state index is 0.142. The van der Waals surface area contributed by atoms with Gasteiger partial charge >= 0.3 is 0 Å². The summed E-state index contributed by atoms with van der Waals surface area (Å²) in [4.78, 5) is 13.0. The van der Waals surface area contributed by atoms with E-state index < -0.39 is 16.1 Å². The molecule has 1 heterocycles. The minimum Gasteiger partial charge on any atom is -0.494 e. The Morgan fingerprint density at radius 3 is 2.38 bits per heavy atom. The van der Waals surface area contributed by atoms with E-state index in [1.807, 2.05) is 26.0 Å². The second kappa shape index (κ2) is 7.60. The van der Waals surface area contributed by atoms with Crippen molar-refractivity contribution in [2.24, 2.45) is 0 Å². The zero-order valence-electron chi connectivity index (χ0n) is 15.0. The average Bonchev–Trinajstić information content (AvgIpc) is 3.13. The maximum absolute atomic E-state index is 13.0. The number of ketones is 1. The van der Waals surface area contributed by atoms with Crippen molar-refractivity contribution in [3.63, 3.8) is 0 Å². The predicted molar refractivity (Wildman–Crippen MR) is 100 cm³/mol. The first-order valence-corrected chi connectivity index (χ1v) is 10.2. The Morgan fingerprint density at radius 2 is 1.77 bits per heavy atom. The van der Waals surface area contributed by atoms with E-state index in [4.69, 9.17) is 4.74 Å². The highest BCUT2D eigenvalue weighted by atomic mass is 32.2. The van der Waals surface area contributed by atoms with Crippen LogP contribution in [0.2, 0.25) is 0 Å². The Labute approximate surface area is 154 Å². The molecule has 0 saturated carbocycles. The van der Waals surface area contributed by atoms with Gasteiger partial charge in [0.25, 0.3) is 0 Å². The van der Waals surface area contributed by atoms with Crippen LogP contribution in [-0.2, 0) is 10.0 Å². The summed E-state index contributed by atoms with van der Waals surface area (Å²) in [5, 5.41) is 0. The molecular weight excluding hydrogens is 350 g/mol. The summed E-state index contributed by atoms with van der Waals surface area (Å²) in [5.41, 5.74) is 1.61. The molecule has 2 aromatic rings. The third-order valence-electron chi connectivity index (χ3n) is 4.58. The first kappa shape index (κ1) is 18.6. The number of sulfonamides is 1. The smallest absolute Gasteiger partial charge is 0.243 e. The van der Waals surface area contributed by atoms with Crippen molar-refractivity contribution in [1.29, 1.82) is 0 Å². The van der Waals surface area contributed by atoms with E-state index >= 15 is 0 Å². The number of nitrogens with zero attached hydrogens (tertiary/aromatic N) is 1. The van der Waals surface area contributed by atoms with Crippen LogP contribution in [0.25, 0.3) is 0 Å². The molecule has 1 aliphatic rings. The van der Waals surface area contributed by atoms with E-state index in [0.717, 1.165) is 5.56 Å². The molecule has 0 spiro atoms. The van der Waals surface area contributed by atoms with Gasteiger partial charge in [0.15, 0.2) is 5.78 Å². The van der Waals surface area contributed by atoms with E-state index in [-0.39, 0.29) is 10.7 Å². The summed E-state index contributed by atoms with van der Waals surface area (Å²) in [5.74, 6) is 0.483. The second-order valence-electron chi connectivity index (χ2n) is 6.41. The number of rotatable bonds is 6. The van der Waals surface area contributed by atoms with E-state index in [0.29, 0.717) is 37.3 Å². The second-order valence-corrected chi connectivity index (χ2v) is 8.30. The summed E-state index contributed by atoms with van der Waals surface area (Å²) in [6.45, 7) is 4.70. The van der Waals surface area contributed by atoms with Crippen molar-refractivity contribution >= 4 is 15.8 Å². The van der Waals surface area contributed by atoms with E-state index in [1.165, 1.54) is 16.4 Å². The fourth-order valence-electron chi connectivity index (χ4n) is 3.21. The molecule has 1 atom stereocenters. The molecule has 1 unspecified atom stereocenters. The fourth-order valence-corrected chi connectivity index (χ4v) is 4.87. The zero-order chi connectivity index (χ0) is 18.7. The molecule has 0 amide bonds. The van der Waals surface area contributed by atoms with Gasteiger partial charge in [0.05, 0.1) is 17.5 Å². The zero-order valence-corrected chi connectivity index (χ0v) is 15.8. The monoisotopic (exact) mass is 373 g/mol. The summed E-state index contributed by atoms with van der Waals surface area (Å²) in [7, 11) is -3.72. The maximum Gasteiger partial charge on any atom is 0.243 e. The fraction of sp³-hybridized carbons (Fsp3) is 0.350. The lowest BCUT2D eigenvalue weighted by atomic mass is 10.0. The molecule has 1 aliphatic heterocycles. The van der Waals surface area contributed by atoms with Crippen molar-refractivity contribution in [3.8, 4) is 5.75 Å². The molecule has 0 radical (unpaired) electrons. The van der Waals surface area contributed by atoms with Gasteiger partial charge in [-0.2, -0.15) is 4.31 Å². The third-order valence-corrected chi connectivity index (χ3v) is 6.51. The lowest BCUT2D eigenvalue weighted by Crippen LogP contribution is -2.40. The molecule has 0 N–H and O–H groups in total. The number of hydrogen-bond donors (Lipinski definition) is 0. The molecule has 0 aromatic heterocycles. The van der Waals surface area contributed by atoms with Gasteiger partial charge < -0.3 is 4.74 Å². The van der Waals surface area contributed by atoms with Crippen molar-refractivity contribution in [2.75, 3.05) is 13.2 Å². The summed E-state index contributed by atoms with van der Waals surface area (Å²) < 4.78 is 32.8. The first-order valence-electron chi connectivity index (χ1n) is 8.79. The Hall–Kier alpha value is -2.18. The van der Waals surface area contributed by atoms with Crippen LogP contribution in [0.3, 0.4) is 0 Å². The van der Waals surface area contributed by atoms with Crippen molar-refractivity contribution in [2.45, 2.75) is 37.6 Å². The molecule has 0 bridgehead atoms. The highest BCUT2D eigenvalue weighted by molar-refractivity contribution is 7.89. The SMILES string of the molecule is CCOc1ccc(S(=O)(=O)N2CCCC2C(=O)c2ccc(C)cc2)cc1. The third kappa shape index (κ3) is 3.66. The lowest BCUT2D eigenvalue weighted by molar-refractivity contribution is 0.0918. The molecule has 2 aromatic carbocycles. The van der Waals surface area contributed by atoms with Crippen LogP contribution in [0.4, 0.5) is 0 Å². The van der Waals surface area contributed by atoms with Gasteiger partial charge in [-0.1, -0.05) is 29.8 Å². The Balaban J connectivity index is 1.86. The average molecular weight is 373 g/mol. The molecular formula is C20H23NO4S. The van der Waals surface area contributed by atoms with Gasteiger partial charge in [0.1, 0.15) is 5.75 Å². The molecule has 1 saturated heterocycles. The van der Waals surface area contributed by atoms with Crippen LogP contribution >= 0.6 is 0 Å². The van der Waals surface area contributed by atoms with Crippen LogP contribution in [0, 0.1) is 6.92 Å². The molecule has 26 heavy (non-hydrogen) atoms. The molecule has 3 rings (SSSR count). The quantitative estimate of drug-likeness (QED) is 0.728. The first-order chi connectivity index (χ1) is 12.4. The lowest BCUT2D eigenvalue weighted by Gasteiger charge is -2.23. The van der Waals surface area contributed by atoms with Gasteiger partial charge in [0, 0.05) is 12.1 Å². The topological polar surface area (TPSA) is 63.7 Å². The van der Waals surface area contributed by atoms with Gasteiger partial charge in [-0.15, -0.1) is 0 Å². The van der Waals surface area contributed by atoms with Gasteiger partial charge in [0.2, 0.25) is 10.0 Å². The number of aryl methyl sites for hydroxylation is 1. The van der Waals surface area contributed by atoms with Crippen LogP contribution in [0.1, 0.15) is 35.7 Å². The molecule has 138 valence electrons. The number of carbonyl (C=O) groups excluding carboxylic acids is 1. The summed E-state index contributed by atoms with van der Waals surface area (Å²) >= 11 is 0. The number of Topliss-reactive ketones (excluding diaryl/α,β-unsaturated/α-hetero) is 1. The molecule has 5 nitrogen and oxygen atoms in total. The number of benzene rings is 2. The number of ether oxygens (including phenoxy) is 1. The van der Waals surface area contributed by atoms with Crippen molar-refractivity contribution in [3.05, 3.63) is 59.7 Å². The Morgan fingerprint density at radius 1 is 1.12 bits per heavy atom. The van der Waals surface area contributed by atoms with E-state index in [2.05, 4.69) is 0 Å². The van der Waals surface area contributed by atoms with E-state index in [1.54, 1.807) is 24.3 Å². The highest BCUT2D eigenvalue weighted by Crippen LogP contribution is 2.29. The number of carbonyl (C=O) groups is 1.